The second kappa shape index (κ2) is 6.11. The van der Waals surface area contributed by atoms with Crippen LogP contribution >= 0.6 is 0 Å². The lowest BCUT2D eigenvalue weighted by atomic mass is 10.1. The summed E-state index contributed by atoms with van der Waals surface area (Å²) in [6, 6.07) is 8.36. The molecule has 122 valence electrons. The molecule has 0 unspecified atom stereocenters. The number of carbonyl (C=O) groups is 1. The highest BCUT2D eigenvalue weighted by molar-refractivity contribution is 5.91. The van der Waals surface area contributed by atoms with E-state index in [1.54, 1.807) is 7.11 Å². The van der Waals surface area contributed by atoms with E-state index in [0.29, 0.717) is 11.6 Å². The molecule has 1 fully saturated rings. The fourth-order valence-corrected chi connectivity index (χ4v) is 3.12. The molecule has 2 aromatic rings. The Morgan fingerprint density at radius 1 is 1.22 bits per heavy atom. The molecular formula is C19H23NO3. The Morgan fingerprint density at radius 3 is 2.61 bits per heavy atom. The van der Waals surface area contributed by atoms with Crippen LogP contribution in [0.25, 0.3) is 0 Å². The van der Waals surface area contributed by atoms with Crippen LogP contribution in [-0.4, -0.2) is 17.6 Å². The number of hydrogen-bond donors (Lipinski definition) is 0. The Hall–Kier alpha value is -2.23. The van der Waals surface area contributed by atoms with Gasteiger partial charge >= 0.3 is 5.97 Å². The van der Waals surface area contributed by atoms with Gasteiger partial charge in [-0.15, -0.1) is 0 Å². The van der Waals surface area contributed by atoms with Gasteiger partial charge in [0.2, 0.25) is 0 Å². The van der Waals surface area contributed by atoms with Gasteiger partial charge in [0.05, 0.1) is 12.7 Å². The van der Waals surface area contributed by atoms with Gasteiger partial charge in [-0.25, -0.2) is 4.79 Å². The van der Waals surface area contributed by atoms with Crippen LogP contribution < -0.4 is 4.74 Å². The summed E-state index contributed by atoms with van der Waals surface area (Å²) in [6.45, 7) is 6.27. The predicted octanol–water partition coefficient (Wildman–Crippen LogP) is 4.11. The summed E-state index contributed by atoms with van der Waals surface area (Å²) in [5.41, 5.74) is 4.80. The zero-order chi connectivity index (χ0) is 16.6. The van der Waals surface area contributed by atoms with Crippen LogP contribution in [0.5, 0.6) is 5.75 Å². The summed E-state index contributed by atoms with van der Waals surface area (Å²) in [7, 11) is 1.62. The van der Waals surface area contributed by atoms with Crippen LogP contribution in [0, 0.1) is 20.8 Å². The molecule has 1 aromatic heterocycles. The summed E-state index contributed by atoms with van der Waals surface area (Å²) >= 11 is 0. The van der Waals surface area contributed by atoms with Gasteiger partial charge in [0, 0.05) is 23.0 Å². The molecule has 0 saturated heterocycles. The van der Waals surface area contributed by atoms with Gasteiger partial charge in [0.25, 0.3) is 0 Å². The first-order valence-corrected chi connectivity index (χ1v) is 8.00. The fraction of sp³-hybridized carbons (Fsp3) is 0.421. The molecule has 1 aliphatic carbocycles. The van der Waals surface area contributed by atoms with Crippen molar-refractivity contribution < 1.29 is 14.3 Å². The standard InChI is InChI=1S/C19H23NO3/c1-12-5-8-18(22-4)15(9-12)11-23-19(21)17-10-13(2)20(14(17)3)16-6-7-16/h5,8-10,16H,6-7,11H2,1-4H3. The van der Waals surface area contributed by atoms with E-state index in [4.69, 9.17) is 9.47 Å². The summed E-state index contributed by atoms with van der Waals surface area (Å²) in [5, 5.41) is 0. The zero-order valence-electron chi connectivity index (χ0n) is 14.2. The van der Waals surface area contributed by atoms with E-state index < -0.39 is 0 Å². The second-order valence-corrected chi connectivity index (χ2v) is 6.28. The number of aryl methyl sites for hydroxylation is 2. The predicted molar refractivity (Wildman–Crippen MR) is 89.0 cm³/mol. The number of carbonyl (C=O) groups excluding carboxylic acids is 1. The van der Waals surface area contributed by atoms with Crippen LogP contribution in [-0.2, 0) is 11.3 Å². The number of aromatic nitrogens is 1. The highest BCUT2D eigenvalue weighted by Crippen LogP contribution is 2.38. The van der Waals surface area contributed by atoms with Crippen LogP contribution in [0.1, 0.15) is 51.8 Å². The number of hydrogen-bond acceptors (Lipinski definition) is 3. The Bertz CT molecular complexity index is 741. The van der Waals surface area contributed by atoms with Crippen molar-refractivity contribution in [2.45, 2.75) is 46.3 Å². The molecule has 0 aliphatic heterocycles. The lowest BCUT2D eigenvalue weighted by Gasteiger charge is -2.11. The SMILES string of the molecule is COc1ccc(C)cc1COC(=O)c1cc(C)n(C2CC2)c1C. The van der Waals surface area contributed by atoms with Gasteiger partial charge in [0.1, 0.15) is 12.4 Å². The Labute approximate surface area is 137 Å². The normalized spacial score (nSPS) is 13.9. The molecule has 4 nitrogen and oxygen atoms in total. The maximum atomic E-state index is 12.5. The minimum atomic E-state index is -0.270. The number of esters is 1. The smallest absolute Gasteiger partial charge is 0.340 e. The van der Waals surface area contributed by atoms with Crippen molar-refractivity contribution in [2.75, 3.05) is 7.11 Å². The molecule has 1 aromatic carbocycles. The van der Waals surface area contributed by atoms with Crippen molar-refractivity contribution in [3.8, 4) is 5.75 Å². The molecule has 0 spiro atoms. The third kappa shape index (κ3) is 3.11. The van der Waals surface area contributed by atoms with Crippen molar-refractivity contribution in [1.29, 1.82) is 0 Å². The van der Waals surface area contributed by atoms with Crippen molar-refractivity contribution >= 4 is 5.97 Å². The van der Waals surface area contributed by atoms with E-state index in [-0.39, 0.29) is 12.6 Å². The molecule has 0 amide bonds. The number of rotatable bonds is 5. The van der Waals surface area contributed by atoms with Crippen LogP contribution in [0.4, 0.5) is 0 Å². The number of ether oxygens (including phenoxy) is 2. The maximum absolute atomic E-state index is 12.5. The number of methoxy groups -OCH3 is 1. The second-order valence-electron chi connectivity index (χ2n) is 6.28. The van der Waals surface area contributed by atoms with Gasteiger partial charge < -0.3 is 14.0 Å². The first-order chi connectivity index (χ1) is 11.0. The largest absolute Gasteiger partial charge is 0.496 e. The molecule has 3 rings (SSSR count). The van der Waals surface area contributed by atoms with E-state index in [9.17, 15) is 4.79 Å². The highest BCUT2D eigenvalue weighted by Gasteiger charge is 2.28. The van der Waals surface area contributed by atoms with Gasteiger partial charge in [0.15, 0.2) is 0 Å². The first kappa shape index (κ1) is 15.7. The number of nitrogens with zero attached hydrogens (tertiary/aromatic N) is 1. The summed E-state index contributed by atoms with van der Waals surface area (Å²) in [6.07, 6.45) is 2.40. The monoisotopic (exact) mass is 313 g/mol. The summed E-state index contributed by atoms with van der Waals surface area (Å²) in [5.74, 6) is 0.473. The van der Waals surface area contributed by atoms with Gasteiger partial charge in [-0.05, 0) is 51.8 Å². The van der Waals surface area contributed by atoms with E-state index >= 15 is 0 Å². The average Bonchev–Trinajstić information content (AvgIpc) is 3.30. The molecule has 23 heavy (non-hydrogen) atoms. The maximum Gasteiger partial charge on any atom is 0.340 e. The minimum absolute atomic E-state index is 0.219. The number of benzene rings is 1. The van der Waals surface area contributed by atoms with Crippen molar-refractivity contribution in [2.24, 2.45) is 0 Å². The van der Waals surface area contributed by atoms with E-state index in [1.807, 2.05) is 45.0 Å². The van der Waals surface area contributed by atoms with Gasteiger partial charge in [-0.1, -0.05) is 11.6 Å². The van der Waals surface area contributed by atoms with Crippen LogP contribution in [0.3, 0.4) is 0 Å². The molecular weight excluding hydrogens is 290 g/mol. The van der Waals surface area contributed by atoms with E-state index in [0.717, 1.165) is 28.3 Å². The Kier molecular flexibility index (Phi) is 4.16. The molecule has 1 saturated carbocycles. The zero-order valence-corrected chi connectivity index (χ0v) is 14.2. The topological polar surface area (TPSA) is 40.5 Å². The fourth-order valence-electron chi connectivity index (χ4n) is 3.12. The average molecular weight is 313 g/mol. The lowest BCUT2D eigenvalue weighted by Crippen LogP contribution is -2.08. The van der Waals surface area contributed by atoms with Crippen LogP contribution in [0.15, 0.2) is 24.3 Å². The highest BCUT2D eigenvalue weighted by atomic mass is 16.5. The molecule has 0 radical (unpaired) electrons. The summed E-state index contributed by atoms with van der Waals surface area (Å²) in [4.78, 5) is 12.5. The van der Waals surface area contributed by atoms with Gasteiger partial charge in [-0.2, -0.15) is 0 Å². The molecule has 0 bridgehead atoms. The van der Waals surface area contributed by atoms with Crippen LogP contribution in [0.2, 0.25) is 0 Å². The van der Waals surface area contributed by atoms with E-state index in [1.165, 1.54) is 12.8 Å². The third-order valence-corrected chi connectivity index (χ3v) is 4.41. The Morgan fingerprint density at radius 2 is 1.96 bits per heavy atom. The lowest BCUT2D eigenvalue weighted by molar-refractivity contribution is 0.0469. The molecule has 1 heterocycles. The Balaban J connectivity index is 1.75. The van der Waals surface area contributed by atoms with Gasteiger partial charge in [-0.3, -0.25) is 0 Å². The molecule has 0 atom stereocenters. The van der Waals surface area contributed by atoms with Crippen molar-refractivity contribution in [3.63, 3.8) is 0 Å². The van der Waals surface area contributed by atoms with E-state index in [2.05, 4.69) is 4.57 Å². The minimum Gasteiger partial charge on any atom is -0.496 e. The third-order valence-electron chi connectivity index (χ3n) is 4.41. The summed E-state index contributed by atoms with van der Waals surface area (Å²) < 4.78 is 13.1. The molecule has 1 aliphatic rings. The van der Waals surface area contributed by atoms with Crippen molar-refractivity contribution in [3.05, 3.63) is 52.3 Å². The first-order valence-electron chi connectivity index (χ1n) is 8.00. The molecule has 0 N–H and O–H groups in total. The quantitative estimate of drug-likeness (QED) is 0.780. The van der Waals surface area contributed by atoms with Crippen molar-refractivity contribution in [1.82, 2.24) is 4.57 Å². The molecule has 4 heteroatoms.